The van der Waals surface area contributed by atoms with Gasteiger partial charge in [0.15, 0.2) is 12.9 Å². The Morgan fingerprint density at radius 2 is 1.71 bits per heavy atom. The van der Waals surface area contributed by atoms with Gasteiger partial charge in [-0.25, -0.2) is 0 Å². The second-order valence-corrected chi connectivity index (χ2v) is 4.08. The third-order valence-electron chi connectivity index (χ3n) is 2.55. The Balaban J connectivity index is 2.16. The van der Waals surface area contributed by atoms with Crippen LogP contribution in [0.2, 0.25) is 0 Å². The van der Waals surface area contributed by atoms with Crippen LogP contribution in [0.1, 0.15) is 0 Å². The lowest BCUT2D eigenvalue weighted by atomic mass is 10.3. The zero-order valence-corrected chi connectivity index (χ0v) is 12.1. The van der Waals surface area contributed by atoms with Crippen LogP contribution in [0, 0.1) is 0 Å². The number of rotatable bonds is 9. The van der Waals surface area contributed by atoms with Crippen molar-refractivity contribution < 1.29 is 23.8 Å². The van der Waals surface area contributed by atoms with Gasteiger partial charge in [-0.3, -0.25) is 9.59 Å². The second-order valence-electron chi connectivity index (χ2n) is 4.08. The van der Waals surface area contributed by atoms with Crippen LogP contribution in [0.5, 0.6) is 5.75 Å². The summed E-state index contributed by atoms with van der Waals surface area (Å²) < 4.78 is 15.1. The van der Waals surface area contributed by atoms with Crippen LogP contribution in [0.4, 0.5) is 0 Å². The lowest BCUT2D eigenvalue weighted by molar-refractivity contribution is -0.130. The summed E-state index contributed by atoms with van der Waals surface area (Å²) in [5.74, 6) is -0.105. The molecule has 0 spiro atoms. The minimum Gasteiger partial charge on any atom is -0.484 e. The van der Waals surface area contributed by atoms with E-state index in [1.165, 1.54) is 14.2 Å². The molecule has 21 heavy (non-hydrogen) atoms. The highest BCUT2D eigenvalue weighted by Crippen LogP contribution is 2.07. The van der Waals surface area contributed by atoms with Crippen LogP contribution in [-0.2, 0) is 19.1 Å². The molecule has 116 valence electrons. The average molecular weight is 296 g/mol. The molecule has 0 aliphatic rings. The predicted molar refractivity (Wildman–Crippen MR) is 75.8 cm³/mol. The van der Waals surface area contributed by atoms with Crippen molar-refractivity contribution in [2.75, 3.05) is 33.9 Å². The fraction of sp³-hybridized carbons (Fsp3) is 0.429. The van der Waals surface area contributed by atoms with E-state index in [1.54, 1.807) is 12.1 Å². The first-order valence-electron chi connectivity index (χ1n) is 6.42. The molecule has 0 unspecified atom stereocenters. The van der Waals surface area contributed by atoms with Crippen molar-refractivity contribution in [3.05, 3.63) is 30.3 Å². The summed E-state index contributed by atoms with van der Waals surface area (Å²) in [4.78, 5) is 23.0. The molecule has 0 saturated carbocycles. The molecule has 1 aromatic carbocycles. The highest BCUT2D eigenvalue weighted by molar-refractivity contribution is 5.85. The second kappa shape index (κ2) is 9.73. The summed E-state index contributed by atoms with van der Waals surface area (Å²) in [6, 6.07) is 8.96. The van der Waals surface area contributed by atoms with Crippen LogP contribution in [0.15, 0.2) is 30.3 Å². The lowest BCUT2D eigenvalue weighted by Gasteiger charge is -2.14. The van der Waals surface area contributed by atoms with E-state index in [9.17, 15) is 9.59 Å². The maximum Gasteiger partial charge on any atom is 0.258 e. The van der Waals surface area contributed by atoms with Crippen molar-refractivity contribution >= 4 is 11.8 Å². The van der Waals surface area contributed by atoms with Gasteiger partial charge in [-0.2, -0.15) is 0 Å². The van der Waals surface area contributed by atoms with Crippen molar-refractivity contribution in [3.8, 4) is 5.75 Å². The van der Waals surface area contributed by atoms with Crippen molar-refractivity contribution in [1.82, 2.24) is 10.6 Å². The molecule has 0 saturated heterocycles. The highest BCUT2D eigenvalue weighted by Gasteiger charge is 2.09. The average Bonchev–Trinajstić information content (AvgIpc) is 2.53. The maximum atomic E-state index is 11.5. The largest absolute Gasteiger partial charge is 0.484 e. The Kier molecular flexibility index (Phi) is 7.85. The van der Waals surface area contributed by atoms with Gasteiger partial charge >= 0.3 is 0 Å². The number of hydrogen-bond donors (Lipinski definition) is 2. The minimum atomic E-state index is -0.508. The number of carbonyl (C=O) groups excluding carboxylic acids is 2. The quantitative estimate of drug-likeness (QED) is 0.622. The first-order valence-corrected chi connectivity index (χ1v) is 6.42. The summed E-state index contributed by atoms with van der Waals surface area (Å²) >= 11 is 0. The summed E-state index contributed by atoms with van der Waals surface area (Å²) in [7, 11) is 2.95. The van der Waals surface area contributed by atoms with Gasteiger partial charge in [-0.05, 0) is 12.1 Å². The number of benzene rings is 1. The SMILES string of the molecule is COC(CNC(=O)CNC(=O)COc1ccccc1)OC. The molecule has 2 amide bonds. The highest BCUT2D eigenvalue weighted by atomic mass is 16.7. The molecule has 2 N–H and O–H groups in total. The van der Waals surface area contributed by atoms with E-state index in [0.29, 0.717) is 5.75 Å². The molecule has 0 aliphatic carbocycles. The molecule has 7 heteroatoms. The van der Waals surface area contributed by atoms with E-state index >= 15 is 0 Å². The summed E-state index contributed by atoms with van der Waals surface area (Å²) in [6.45, 7) is -0.0601. The Bertz CT molecular complexity index is 434. The van der Waals surface area contributed by atoms with E-state index in [4.69, 9.17) is 14.2 Å². The van der Waals surface area contributed by atoms with Crippen molar-refractivity contribution in [1.29, 1.82) is 0 Å². The van der Waals surface area contributed by atoms with Crippen molar-refractivity contribution in [3.63, 3.8) is 0 Å². The van der Waals surface area contributed by atoms with E-state index in [0.717, 1.165) is 0 Å². The van der Waals surface area contributed by atoms with E-state index < -0.39 is 6.29 Å². The minimum absolute atomic E-state index is 0.128. The van der Waals surface area contributed by atoms with Gasteiger partial charge in [-0.15, -0.1) is 0 Å². The Morgan fingerprint density at radius 3 is 2.33 bits per heavy atom. The van der Waals surface area contributed by atoms with Gasteiger partial charge in [-0.1, -0.05) is 18.2 Å². The van der Waals surface area contributed by atoms with Gasteiger partial charge in [0.2, 0.25) is 5.91 Å². The van der Waals surface area contributed by atoms with Crippen LogP contribution < -0.4 is 15.4 Å². The number of nitrogens with one attached hydrogen (secondary N) is 2. The number of methoxy groups -OCH3 is 2. The van der Waals surface area contributed by atoms with E-state index in [-0.39, 0.29) is 31.5 Å². The molecule has 0 radical (unpaired) electrons. The van der Waals surface area contributed by atoms with Crippen LogP contribution in [-0.4, -0.2) is 52.0 Å². The van der Waals surface area contributed by atoms with Gasteiger partial charge in [0.25, 0.3) is 5.91 Å². The molecule has 0 bridgehead atoms. The monoisotopic (exact) mass is 296 g/mol. The Hall–Kier alpha value is -2.12. The van der Waals surface area contributed by atoms with Gasteiger partial charge in [0, 0.05) is 14.2 Å². The first kappa shape index (κ1) is 16.9. The summed E-state index contributed by atoms with van der Waals surface area (Å²) in [6.07, 6.45) is -0.508. The van der Waals surface area contributed by atoms with Crippen LogP contribution >= 0.6 is 0 Å². The molecule has 0 atom stereocenters. The first-order chi connectivity index (χ1) is 10.2. The molecule has 0 fully saturated rings. The van der Waals surface area contributed by atoms with Gasteiger partial charge in [0.1, 0.15) is 5.75 Å². The molecule has 0 heterocycles. The fourth-order valence-corrected chi connectivity index (χ4v) is 1.42. The molecular formula is C14H20N2O5. The number of para-hydroxylation sites is 1. The number of ether oxygens (including phenoxy) is 3. The van der Waals surface area contributed by atoms with E-state index in [1.807, 2.05) is 18.2 Å². The number of carbonyl (C=O) groups is 2. The van der Waals surface area contributed by atoms with E-state index in [2.05, 4.69) is 10.6 Å². The van der Waals surface area contributed by atoms with Gasteiger partial charge < -0.3 is 24.8 Å². The van der Waals surface area contributed by atoms with Crippen molar-refractivity contribution in [2.45, 2.75) is 6.29 Å². The topological polar surface area (TPSA) is 85.9 Å². The lowest BCUT2D eigenvalue weighted by Crippen LogP contribution is -2.42. The molecular weight excluding hydrogens is 276 g/mol. The maximum absolute atomic E-state index is 11.5. The van der Waals surface area contributed by atoms with Crippen LogP contribution in [0.25, 0.3) is 0 Å². The number of hydrogen-bond acceptors (Lipinski definition) is 5. The molecule has 7 nitrogen and oxygen atoms in total. The zero-order valence-electron chi connectivity index (χ0n) is 12.1. The third-order valence-corrected chi connectivity index (χ3v) is 2.55. The molecule has 1 aromatic rings. The predicted octanol–water partition coefficient (Wildman–Crippen LogP) is -0.0833. The molecule has 0 aromatic heterocycles. The fourth-order valence-electron chi connectivity index (χ4n) is 1.42. The third kappa shape index (κ3) is 7.28. The molecule has 1 rings (SSSR count). The Labute approximate surface area is 123 Å². The standard InChI is InChI=1S/C14H20N2O5/c1-19-14(20-2)9-16-12(17)8-15-13(18)10-21-11-6-4-3-5-7-11/h3-7,14H,8-10H2,1-2H3,(H,15,18)(H,16,17). The van der Waals surface area contributed by atoms with Crippen molar-refractivity contribution in [2.24, 2.45) is 0 Å². The smallest absolute Gasteiger partial charge is 0.258 e. The zero-order chi connectivity index (χ0) is 15.5. The Morgan fingerprint density at radius 1 is 1.05 bits per heavy atom. The number of amides is 2. The van der Waals surface area contributed by atoms with Gasteiger partial charge in [0.05, 0.1) is 13.1 Å². The summed E-state index contributed by atoms with van der Waals surface area (Å²) in [5, 5.41) is 5.02. The normalized spacial score (nSPS) is 10.2. The summed E-state index contributed by atoms with van der Waals surface area (Å²) in [5.41, 5.74) is 0. The molecule has 0 aliphatic heterocycles. The van der Waals surface area contributed by atoms with Crippen LogP contribution in [0.3, 0.4) is 0 Å².